The molecule has 1 aliphatic heterocycles. The van der Waals surface area contributed by atoms with Crippen LogP contribution in [0.4, 0.5) is 0 Å². The fraction of sp³-hybridized carbons (Fsp3) is 0.308. The molecule has 0 amide bonds. The van der Waals surface area contributed by atoms with Crippen LogP contribution in [-0.2, 0) is 14.3 Å². The minimum atomic E-state index is -1.15. The van der Waals surface area contributed by atoms with Crippen molar-refractivity contribution >= 4 is 29.1 Å². The summed E-state index contributed by atoms with van der Waals surface area (Å²) >= 11 is 5.78. The van der Waals surface area contributed by atoms with E-state index in [1.165, 1.54) is 18.2 Å². The molecule has 19 heavy (non-hydrogen) atoms. The zero-order valence-corrected chi connectivity index (χ0v) is 10.9. The van der Waals surface area contributed by atoms with E-state index in [0.717, 1.165) is 0 Å². The van der Waals surface area contributed by atoms with Gasteiger partial charge in [-0.1, -0.05) is 11.6 Å². The second kappa shape index (κ2) is 5.40. The third-order valence-corrected chi connectivity index (χ3v) is 2.96. The van der Waals surface area contributed by atoms with Crippen LogP contribution >= 0.6 is 11.6 Å². The van der Waals surface area contributed by atoms with Crippen molar-refractivity contribution in [2.24, 2.45) is 5.92 Å². The Morgan fingerprint density at radius 3 is 2.89 bits per heavy atom. The van der Waals surface area contributed by atoms with Crippen molar-refractivity contribution in [2.45, 2.75) is 6.92 Å². The third kappa shape index (κ3) is 2.61. The van der Waals surface area contributed by atoms with Crippen LogP contribution < -0.4 is 4.74 Å². The number of carbonyl (C=O) groups is 3. The molecule has 1 unspecified atom stereocenters. The number of rotatable bonds is 3. The van der Waals surface area contributed by atoms with Crippen LogP contribution in [0.1, 0.15) is 17.3 Å². The number of fused-ring (bicyclic) bond motifs is 1. The van der Waals surface area contributed by atoms with Gasteiger partial charge in [-0.3, -0.25) is 9.59 Å². The van der Waals surface area contributed by atoms with Crippen LogP contribution in [0.3, 0.4) is 0 Å². The zero-order chi connectivity index (χ0) is 14.0. The van der Waals surface area contributed by atoms with Gasteiger partial charge in [0, 0.05) is 5.02 Å². The number of Topliss-reactive ketones (excluding diaryl/α,β-unsaturated/α-hetero) is 2. The highest BCUT2D eigenvalue weighted by Crippen LogP contribution is 2.30. The number of halogens is 1. The van der Waals surface area contributed by atoms with Gasteiger partial charge in [0.25, 0.3) is 5.78 Å². The number of carbonyl (C=O) groups excluding carboxylic acids is 3. The zero-order valence-electron chi connectivity index (χ0n) is 10.1. The molecule has 1 aromatic carbocycles. The lowest BCUT2D eigenvalue weighted by Gasteiger charge is -2.22. The molecular weight excluding hydrogens is 272 g/mol. The molecule has 1 aliphatic rings. The predicted octanol–water partition coefficient (Wildman–Crippen LogP) is 1.66. The van der Waals surface area contributed by atoms with Crippen LogP contribution in [0.5, 0.6) is 5.75 Å². The SMILES string of the molecule is CCOC(=O)C(=O)C1COc2cc(Cl)ccc2C1=O. The maximum Gasteiger partial charge on any atom is 0.375 e. The Balaban J connectivity index is 2.24. The Hall–Kier alpha value is -1.88. The van der Waals surface area contributed by atoms with Crippen molar-refractivity contribution < 1.29 is 23.9 Å². The molecule has 0 aromatic heterocycles. The molecule has 0 N–H and O–H groups in total. The van der Waals surface area contributed by atoms with Crippen molar-refractivity contribution in [1.29, 1.82) is 0 Å². The molecule has 0 fully saturated rings. The Labute approximate surface area is 114 Å². The normalized spacial score (nSPS) is 17.4. The number of esters is 1. The minimum absolute atomic E-state index is 0.0819. The van der Waals surface area contributed by atoms with Gasteiger partial charge in [0.05, 0.1) is 12.2 Å². The minimum Gasteiger partial charge on any atom is -0.492 e. The first-order valence-corrected chi connectivity index (χ1v) is 6.10. The Kier molecular flexibility index (Phi) is 3.85. The fourth-order valence-electron chi connectivity index (χ4n) is 1.79. The van der Waals surface area contributed by atoms with Gasteiger partial charge < -0.3 is 9.47 Å². The highest BCUT2D eigenvalue weighted by Gasteiger charge is 2.38. The van der Waals surface area contributed by atoms with E-state index in [4.69, 9.17) is 16.3 Å². The van der Waals surface area contributed by atoms with E-state index in [0.29, 0.717) is 10.8 Å². The quantitative estimate of drug-likeness (QED) is 0.479. The van der Waals surface area contributed by atoms with Gasteiger partial charge in [0.15, 0.2) is 5.78 Å². The van der Waals surface area contributed by atoms with E-state index in [2.05, 4.69) is 4.74 Å². The number of ether oxygens (including phenoxy) is 2. The second-order valence-corrected chi connectivity index (χ2v) is 4.39. The van der Waals surface area contributed by atoms with Crippen LogP contribution in [0.25, 0.3) is 0 Å². The average molecular weight is 283 g/mol. The molecular formula is C13H11ClO5. The summed E-state index contributed by atoms with van der Waals surface area (Å²) in [6, 6.07) is 4.50. The van der Waals surface area contributed by atoms with Gasteiger partial charge in [0.2, 0.25) is 0 Å². The van der Waals surface area contributed by atoms with Crippen molar-refractivity contribution in [2.75, 3.05) is 13.2 Å². The Morgan fingerprint density at radius 2 is 2.21 bits per heavy atom. The molecule has 100 valence electrons. The predicted molar refractivity (Wildman–Crippen MR) is 66.4 cm³/mol. The topological polar surface area (TPSA) is 69.7 Å². The molecule has 0 aliphatic carbocycles. The smallest absolute Gasteiger partial charge is 0.375 e. The van der Waals surface area contributed by atoms with Gasteiger partial charge >= 0.3 is 5.97 Å². The van der Waals surface area contributed by atoms with E-state index in [-0.39, 0.29) is 18.8 Å². The highest BCUT2D eigenvalue weighted by atomic mass is 35.5. The molecule has 1 aromatic rings. The summed E-state index contributed by atoms with van der Waals surface area (Å²) < 4.78 is 9.90. The molecule has 0 radical (unpaired) electrons. The monoisotopic (exact) mass is 282 g/mol. The molecule has 0 bridgehead atoms. The van der Waals surface area contributed by atoms with Gasteiger partial charge in [-0.2, -0.15) is 0 Å². The summed E-state index contributed by atoms with van der Waals surface area (Å²) in [4.78, 5) is 35.3. The standard InChI is InChI=1S/C13H11ClO5/c1-2-18-13(17)12(16)9-6-19-10-5-7(14)3-4-8(10)11(9)15/h3-5,9H,2,6H2,1H3. The lowest BCUT2D eigenvalue weighted by atomic mass is 9.91. The van der Waals surface area contributed by atoms with Crippen molar-refractivity contribution in [3.63, 3.8) is 0 Å². The summed E-state index contributed by atoms with van der Waals surface area (Å²) in [5.74, 6) is -3.16. The second-order valence-electron chi connectivity index (χ2n) is 3.95. The third-order valence-electron chi connectivity index (χ3n) is 2.72. The number of benzene rings is 1. The van der Waals surface area contributed by atoms with Crippen molar-refractivity contribution in [3.05, 3.63) is 28.8 Å². The summed E-state index contributed by atoms with van der Waals surface area (Å²) in [7, 11) is 0. The first kappa shape index (κ1) is 13.5. The molecule has 0 saturated heterocycles. The Morgan fingerprint density at radius 1 is 1.47 bits per heavy atom. The van der Waals surface area contributed by atoms with Gasteiger partial charge in [-0.15, -0.1) is 0 Å². The van der Waals surface area contributed by atoms with Gasteiger partial charge in [0.1, 0.15) is 18.3 Å². The Bertz CT molecular complexity index is 552. The maximum atomic E-state index is 12.1. The molecule has 2 rings (SSSR count). The number of hydrogen-bond acceptors (Lipinski definition) is 5. The molecule has 0 spiro atoms. The molecule has 6 heteroatoms. The van der Waals surface area contributed by atoms with Crippen LogP contribution in [-0.4, -0.2) is 30.7 Å². The number of hydrogen-bond donors (Lipinski definition) is 0. The molecule has 1 atom stereocenters. The summed E-state index contributed by atoms with van der Waals surface area (Å²) in [5.41, 5.74) is 0.248. The largest absolute Gasteiger partial charge is 0.492 e. The lowest BCUT2D eigenvalue weighted by Crippen LogP contribution is -2.38. The molecule has 5 nitrogen and oxygen atoms in total. The van der Waals surface area contributed by atoms with E-state index >= 15 is 0 Å². The van der Waals surface area contributed by atoms with E-state index in [1.54, 1.807) is 6.92 Å². The van der Waals surface area contributed by atoms with E-state index < -0.39 is 23.5 Å². The van der Waals surface area contributed by atoms with Crippen molar-refractivity contribution in [3.8, 4) is 5.75 Å². The highest BCUT2D eigenvalue weighted by molar-refractivity contribution is 6.40. The molecule has 1 heterocycles. The van der Waals surface area contributed by atoms with Crippen LogP contribution in [0.2, 0.25) is 5.02 Å². The van der Waals surface area contributed by atoms with Gasteiger partial charge in [-0.05, 0) is 25.1 Å². The van der Waals surface area contributed by atoms with Gasteiger partial charge in [-0.25, -0.2) is 4.79 Å². The first-order valence-electron chi connectivity index (χ1n) is 5.72. The lowest BCUT2D eigenvalue weighted by molar-refractivity contribution is -0.155. The summed E-state index contributed by atoms with van der Waals surface area (Å²) in [5, 5.41) is 0.432. The molecule has 0 saturated carbocycles. The summed E-state index contributed by atoms with van der Waals surface area (Å²) in [6.07, 6.45) is 0. The first-order chi connectivity index (χ1) is 9.04. The summed E-state index contributed by atoms with van der Waals surface area (Å²) in [6.45, 7) is 1.49. The van der Waals surface area contributed by atoms with Crippen LogP contribution in [0, 0.1) is 5.92 Å². The average Bonchev–Trinajstić information content (AvgIpc) is 2.38. The van der Waals surface area contributed by atoms with Crippen LogP contribution in [0.15, 0.2) is 18.2 Å². The van der Waals surface area contributed by atoms with E-state index in [1.807, 2.05) is 0 Å². The van der Waals surface area contributed by atoms with Crippen molar-refractivity contribution in [1.82, 2.24) is 0 Å². The maximum absolute atomic E-state index is 12.1. The fourth-order valence-corrected chi connectivity index (χ4v) is 1.96. The number of ketones is 2. The van der Waals surface area contributed by atoms with E-state index in [9.17, 15) is 14.4 Å².